The lowest BCUT2D eigenvalue weighted by Gasteiger charge is -2.54. The van der Waals surface area contributed by atoms with Crippen LogP contribution in [0.15, 0.2) is 69.0 Å². The van der Waals surface area contributed by atoms with Crippen LogP contribution in [0.1, 0.15) is 45.6 Å². The highest BCUT2D eigenvalue weighted by Gasteiger charge is 2.50. The maximum atomic E-state index is 13.4. The van der Waals surface area contributed by atoms with Gasteiger partial charge in [0.05, 0.1) is 5.54 Å². The third kappa shape index (κ3) is 4.10. The third-order valence-corrected chi connectivity index (χ3v) is 8.25. The van der Waals surface area contributed by atoms with Crippen molar-refractivity contribution in [3.8, 4) is 22.5 Å². The van der Waals surface area contributed by atoms with Gasteiger partial charge in [-0.25, -0.2) is 4.79 Å². The Morgan fingerprint density at radius 3 is 2.24 bits per heavy atom. The maximum Gasteiger partial charge on any atom is 0.408 e. The zero-order chi connectivity index (χ0) is 27.4. The van der Waals surface area contributed by atoms with Crippen molar-refractivity contribution in [2.75, 3.05) is 6.26 Å². The summed E-state index contributed by atoms with van der Waals surface area (Å²) in [5.41, 5.74) is 1.74. The van der Waals surface area contributed by atoms with Crippen LogP contribution in [-0.2, 0) is 23.8 Å². The minimum Gasteiger partial charge on any atom is -0.609 e. The van der Waals surface area contributed by atoms with Crippen LogP contribution in [0.3, 0.4) is 0 Å². The Hall–Kier alpha value is -3.56. The number of fused-ring (bicyclic) bond motifs is 1. The number of hydrogen-bond acceptors (Lipinski definition) is 5. The molecule has 8 nitrogen and oxygen atoms in total. The molecular formula is C29H31N3O5S. The van der Waals surface area contributed by atoms with Crippen molar-refractivity contribution < 1.29 is 18.9 Å². The Labute approximate surface area is 224 Å². The SMILES string of the molecule is Cn1c([S+](C)[O-])nc2oc(-c3ccc(C4(N(C(=O)O)C(C)(C)C)CCC4)cc3)c(-c3ccccc3)c2c1=O. The highest BCUT2D eigenvalue weighted by molar-refractivity contribution is 7.90. The van der Waals surface area contributed by atoms with E-state index in [-0.39, 0.29) is 16.4 Å². The molecule has 1 saturated carbocycles. The monoisotopic (exact) mass is 533 g/mol. The standard InChI is InChI=1S/C29H31N3O5S/c1-28(2,3)32(27(34)35)29(16-9-17-29)20-14-12-19(13-15-20)23-21(18-10-7-6-8-11-18)22-24(37-23)30-26(38(5)36)31(4)25(22)33/h6-8,10-15H,9,16-17H2,1-5H3,(H,34,35). The Kier molecular flexibility index (Phi) is 6.39. The Bertz CT molecular complexity index is 1560. The van der Waals surface area contributed by atoms with Gasteiger partial charge in [0.2, 0.25) is 5.71 Å². The lowest BCUT2D eigenvalue weighted by molar-refractivity contribution is -0.0328. The highest BCUT2D eigenvalue weighted by atomic mass is 32.2. The second-order valence-electron chi connectivity index (χ2n) is 10.8. The summed E-state index contributed by atoms with van der Waals surface area (Å²) in [4.78, 5) is 31.8. The van der Waals surface area contributed by atoms with Crippen LogP contribution < -0.4 is 5.56 Å². The van der Waals surface area contributed by atoms with Crippen LogP contribution in [0.25, 0.3) is 33.6 Å². The Balaban J connectivity index is 1.69. The van der Waals surface area contributed by atoms with Crippen molar-refractivity contribution in [1.82, 2.24) is 14.5 Å². The van der Waals surface area contributed by atoms with Crippen LogP contribution in [0.4, 0.5) is 4.79 Å². The first-order valence-electron chi connectivity index (χ1n) is 12.5. The summed E-state index contributed by atoms with van der Waals surface area (Å²) >= 11 is -1.48. The fraction of sp³-hybridized carbons (Fsp3) is 0.345. The molecule has 0 spiro atoms. The summed E-state index contributed by atoms with van der Waals surface area (Å²) in [6.45, 7) is 5.75. The van der Waals surface area contributed by atoms with Gasteiger partial charge in [0, 0.05) is 34.9 Å². The molecule has 198 valence electrons. The fourth-order valence-electron chi connectivity index (χ4n) is 5.65. The van der Waals surface area contributed by atoms with Gasteiger partial charge in [0.15, 0.2) is 0 Å². The molecule has 38 heavy (non-hydrogen) atoms. The molecule has 1 amide bonds. The van der Waals surface area contributed by atoms with E-state index >= 15 is 0 Å². The molecule has 0 bridgehead atoms. The molecule has 1 fully saturated rings. The van der Waals surface area contributed by atoms with Crippen molar-refractivity contribution in [3.63, 3.8) is 0 Å². The summed E-state index contributed by atoms with van der Waals surface area (Å²) in [6, 6.07) is 17.2. The number of carboxylic acid groups (broad SMARTS) is 1. The third-order valence-electron chi connectivity index (χ3n) is 7.37. The molecule has 0 saturated heterocycles. The van der Waals surface area contributed by atoms with Gasteiger partial charge in [-0.2, -0.15) is 0 Å². The number of amides is 1. The average Bonchev–Trinajstić information content (AvgIpc) is 3.22. The molecule has 1 N–H and O–H groups in total. The topological polar surface area (TPSA) is 112 Å². The molecule has 5 rings (SSSR count). The molecule has 2 aromatic heterocycles. The molecule has 4 aromatic rings. The molecule has 0 radical (unpaired) electrons. The van der Waals surface area contributed by atoms with E-state index < -0.39 is 28.3 Å². The number of benzene rings is 2. The number of carbonyl (C=O) groups is 1. The lowest BCUT2D eigenvalue weighted by atomic mass is 9.69. The normalized spacial score (nSPS) is 15.7. The first-order chi connectivity index (χ1) is 18.0. The zero-order valence-corrected chi connectivity index (χ0v) is 23.0. The molecule has 9 heteroatoms. The van der Waals surface area contributed by atoms with Crippen molar-refractivity contribution in [3.05, 3.63) is 70.5 Å². The number of nitrogens with zero attached hydrogens (tertiary/aromatic N) is 3. The minimum atomic E-state index is -1.48. The second-order valence-corrected chi connectivity index (χ2v) is 12.1. The predicted octanol–water partition coefficient (Wildman–Crippen LogP) is 5.76. The molecule has 0 aliphatic heterocycles. The van der Waals surface area contributed by atoms with Gasteiger partial charge in [-0.1, -0.05) is 54.6 Å². The molecule has 2 heterocycles. The lowest BCUT2D eigenvalue weighted by Crippen LogP contribution is -2.60. The fourth-order valence-corrected chi connectivity index (χ4v) is 6.33. The first-order valence-corrected chi connectivity index (χ1v) is 14.1. The van der Waals surface area contributed by atoms with Crippen LogP contribution in [0, 0.1) is 0 Å². The smallest absolute Gasteiger partial charge is 0.408 e. The molecule has 1 aliphatic rings. The Morgan fingerprint density at radius 1 is 1.11 bits per heavy atom. The minimum absolute atomic E-state index is 0.136. The van der Waals surface area contributed by atoms with E-state index in [1.165, 1.54) is 10.8 Å². The van der Waals surface area contributed by atoms with Crippen molar-refractivity contribution in [2.24, 2.45) is 7.05 Å². The summed E-state index contributed by atoms with van der Waals surface area (Å²) in [7, 11) is 1.56. The molecule has 1 atom stereocenters. The van der Waals surface area contributed by atoms with E-state index in [0.29, 0.717) is 16.7 Å². The van der Waals surface area contributed by atoms with Gasteiger partial charge in [0.25, 0.3) is 5.56 Å². The van der Waals surface area contributed by atoms with Crippen LogP contribution in [0.2, 0.25) is 0 Å². The quantitative estimate of drug-likeness (QED) is 0.258. The number of furan rings is 1. The molecule has 2 aromatic carbocycles. The molecule has 1 unspecified atom stereocenters. The van der Waals surface area contributed by atoms with Gasteiger partial charge >= 0.3 is 11.2 Å². The second kappa shape index (κ2) is 9.32. The van der Waals surface area contributed by atoms with Gasteiger partial charge < -0.3 is 14.1 Å². The van der Waals surface area contributed by atoms with Crippen molar-refractivity contribution in [2.45, 2.75) is 56.3 Å². The zero-order valence-electron chi connectivity index (χ0n) is 22.1. The molecular weight excluding hydrogens is 502 g/mol. The van der Waals surface area contributed by atoms with Gasteiger partial charge in [0.1, 0.15) is 17.4 Å². The summed E-state index contributed by atoms with van der Waals surface area (Å²) in [5, 5.41) is 10.6. The largest absolute Gasteiger partial charge is 0.609 e. The van der Waals surface area contributed by atoms with Crippen LogP contribution in [0.5, 0.6) is 0 Å². The number of hydrogen-bond donors (Lipinski definition) is 1. The number of rotatable bonds is 5. The van der Waals surface area contributed by atoms with E-state index in [4.69, 9.17) is 4.42 Å². The van der Waals surface area contributed by atoms with Crippen molar-refractivity contribution >= 4 is 28.4 Å². The number of aromatic nitrogens is 2. The van der Waals surface area contributed by atoms with E-state index in [9.17, 15) is 19.2 Å². The van der Waals surface area contributed by atoms with Gasteiger partial charge in [-0.15, -0.1) is 4.98 Å². The van der Waals surface area contributed by atoms with Crippen LogP contribution >= 0.6 is 0 Å². The maximum absolute atomic E-state index is 13.4. The summed E-state index contributed by atoms with van der Waals surface area (Å²) in [6.07, 6.45) is 3.01. The van der Waals surface area contributed by atoms with Crippen molar-refractivity contribution in [1.29, 1.82) is 0 Å². The predicted molar refractivity (Wildman–Crippen MR) is 148 cm³/mol. The average molecular weight is 534 g/mol. The van der Waals surface area contributed by atoms with E-state index in [2.05, 4.69) is 4.98 Å². The molecule has 1 aliphatic carbocycles. The van der Waals surface area contributed by atoms with Gasteiger partial charge in [-0.3, -0.25) is 14.3 Å². The van der Waals surface area contributed by atoms with Gasteiger partial charge in [-0.05, 0) is 51.2 Å². The summed E-state index contributed by atoms with van der Waals surface area (Å²) in [5.74, 6) is 0.481. The Morgan fingerprint density at radius 2 is 1.74 bits per heavy atom. The summed E-state index contributed by atoms with van der Waals surface area (Å²) < 4.78 is 19.7. The van der Waals surface area contributed by atoms with E-state index in [0.717, 1.165) is 36.0 Å². The van der Waals surface area contributed by atoms with E-state index in [1.807, 2.05) is 75.4 Å². The van der Waals surface area contributed by atoms with E-state index in [1.54, 1.807) is 11.9 Å². The first kappa shape index (κ1) is 26.1. The van der Waals surface area contributed by atoms with Crippen LogP contribution in [-0.4, -0.2) is 42.0 Å². The highest BCUT2D eigenvalue weighted by Crippen LogP contribution is 2.50.